The minimum atomic E-state index is 0.00602. The van der Waals surface area contributed by atoms with E-state index in [1.807, 2.05) is 68.6 Å². The smallest absolute Gasteiger partial charge is 0.258 e. The highest BCUT2D eigenvalue weighted by molar-refractivity contribution is 5.82. The number of nitrogens with zero attached hydrogens (tertiary/aromatic N) is 1. The number of hydrogen-bond acceptors (Lipinski definition) is 3. The molecule has 0 aliphatic rings. The quantitative estimate of drug-likeness (QED) is 0.784. The van der Waals surface area contributed by atoms with Crippen molar-refractivity contribution in [2.45, 2.75) is 33.0 Å². The molecule has 0 aliphatic carbocycles. The lowest BCUT2D eigenvalue weighted by atomic mass is 10.1. The molecule has 0 aliphatic heterocycles. The zero-order valence-electron chi connectivity index (χ0n) is 14.0. The minimum Gasteiger partial charge on any atom is -0.491 e. The highest BCUT2D eigenvalue weighted by Crippen LogP contribution is 2.19. The molecular formula is C20H22N2O2. The average Bonchev–Trinajstić information content (AvgIpc) is 2.57. The van der Waals surface area contributed by atoms with E-state index in [1.54, 1.807) is 4.57 Å². The molecule has 2 aromatic carbocycles. The molecule has 3 aromatic rings. The number of rotatable bonds is 5. The molecule has 4 heteroatoms. The Morgan fingerprint density at radius 2 is 1.75 bits per heavy atom. The number of nitrogens with two attached hydrogens (primary N) is 1. The van der Waals surface area contributed by atoms with Crippen molar-refractivity contribution in [2.75, 3.05) is 0 Å². The third kappa shape index (κ3) is 3.49. The first-order valence-corrected chi connectivity index (χ1v) is 8.14. The first kappa shape index (κ1) is 16.3. The summed E-state index contributed by atoms with van der Waals surface area (Å²) in [5, 5.41) is 1.60. The Balaban J connectivity index is 1.91. The van der Waals surface area contributed by atoms with Crippen molar-refractivity contribution in [2.24, 2.45) is 5.73 Å². The van der Waals surface area contributed by atoms with Gasteiger partial charge in [-0.05, 0) is 54.6 Å². The predicted molar refractivity (Wildman–Crippen MR) is 97.4 cm³/mol. The van der Waals surface area contributed by atoms with Crippen molar-refractivity contribution in [3.63, 3.8) is 0 Å². The van der Waals surface area contributed by atoms with E-state index in [1.165, 1.54) is 0 Å². The molecule has 0 spiro atoms. The van der Waals surface area contributed by atoms with E-state index in [4.69, 9.17) is 10.5 Å². The zero-order chi connectivity index (χ0) is 17.1. The second-order valence-electron chi connectivity index (χ2n) is 6.19. The summed E-state index contributed by atoms with van der Waals surface area (Å²) in [5.41, 5.74) is 7.78. The molecule has 1 heterocycles. The van der Waals surface area contributed by atoms with Gasteiger partial charge in [-0.25, -0.2) is 0 Å². The van der Waals surface area contributed by atoms with Crippen molar-refractivity contribution >= 4 is 10.8 Å². The molecule has 0 radical (unpaired) electrons. The topological polar surface area (TPSA) is 57.2 Å². The summed E-state index contributed by atoms with van der Waals surface area (Å²) in [4.78, 5) is 12.7. The maximum absolute atomic E-state index is 12.7. The van der Waals surface area contributed by atoms with Gasteiger partial charge in [-0.3, -0.25) is 4.79 Å². The Kier molecular flexibility index (Phi) is 4.67. The van der Waals surface area contributed by atoms with E-state index >= 15 is 0 Å². The fourth-order valence-corrected chi connectivity index (χ4v) is 2.71. The molecule has 124 valence electrons. The Hall–Kier alpha value is -2.59. The van der Waals surface area contributed by atoms with Crippen LogP contribution in [-0.4, -0.2) is 10.7 Å². The van der Waals surface area contributed by atoms with E-state index in [9.17, 15) is 4.79 Å². The number of aromatic nitrogens is 1. The molecule has 0 unspecified atom stereocenters. The highest BCUT2D eigenvalue weighted by Gasteiger charge is 2.06. The fourth-order valence-electron chi connectivity index (χ4n) is 2.71. The third-order valence-electron chi connectivity index (χ3n) is 3.93. The van der Waals surface area contributed by atoms with Crippen LogP contribution < -0.4 is 16.0 Å². The van der Waals surface area contributed by atoms with Crippen LogP contribution in [0.5, 0.6) is 5.75 Å². The van der Waals surface area contributed by atoms with Crippen LogP contribution in [0.3, 0.4) is 0 Å². The lowest BCUT2D eigenvalue weighted by Gasteiger charge is -2.11. The van der Waals surface area contributed by atoms with Crippen LogP contribution in [0.4, 0.5) is 0 Å². The monoisotopic (exact) mass is 322 g/mol. The second-order valence-corrected chi connectivity index (χ2v) is 6.19. The molecule has 0 saturated heterocycles. The Bertz CT molecular complexity index is 896. The van der Waals surface area contributed by atoms with Gasteiger partial charge < -0.3 is 15.0 Å². The number of ether oxygens (including phenoxy) is 1. The van der Waals surface area contributed by atoms with Crippen LogP contribution in [0.25, 0.3) is 10.8 Å². The van der Waals surface area contributed by atoms with Gasteiger partial charge in [0.25, 0.3) is 5.56 Å². The number of benzene rings is 2. The molecule has 0 saturated carbocycles. The first-order valence-electron chi connectivity index (χ1n) is 8.14. The molecule has 0 fully saturated rings. The summed E-state index contributed by atoms with van der Waals surface area (Å²) in [7, 11) is 0. The van der Waals surface area contributed by atoms with Gasteiger partial charge in [0.2, 0.25) is 0 Å². The van der Waals surface area contributed by atoms with Crippen LogP contribution in [0.1, 0.15) is 25.0 Å². The van der Waals surface area contributed by atoms with E-state index in [0.29, 0.717) is 18.5 Å². The van der Waals surface area contributed by atoms with Crippen LogP contribution in [0.15, 0.2) is 59.5 Å². The summed E-state index contributed by atoms with van der Waals surface area (Å²) in [6.45, 7) is 5.04. The Morgan fingerprint density at radius 1 is 1.04 bits per heavy atom. The van der Waals surface area contributed by atoms with Crippen molar-refractivity contribution in [1.82, 2.24) is 4.57 Å². The van der Waals surface area contributed by atoms with Gasteiger partial charge in [-0.1, -0.05) is 24.3 Å². The largest absolute Gasteiger partial charge is 0.491 e. The van der Waals surface area contributed by atoms with Crippen molar-refractivity contribution in [1.29, 1.82) is 0 Å². The molecule has 0 atom stereocenters. The molecule has 3 rings (SSSR count). The first-order chi connectivity index (χ1) is 11.6. The van der Waals surface area contributed by atoms with Crippen LogP contribution in [0.2, 0.25) is 0 Å². The average molecular weight is 322 g/mol. The van der Waals surface area contributed by atoms with Crippen LogP contribution >= 0.6 is 0 Å². The summed E-state index contributed by atoms with van der Waals surface area (Å²) in [5.74, 6) is 0.784. The number of fused-ring (bicyclic) bond motifs is 1. The van der Waals surface area contributed by atoms with E-state index in [2.05, 4.69) is 0 Å². The van der Waals surface area contributed by atoms with Gasteiger partial charge in [0.15, 0.2) is 0 Å². The molecule has 1 aromatic heterocycles. The van der Waals surface area contributed by atoms with Crippen molar-refractivity contribution in [3.05, 3.63) is 76.2 Å². The minimum absolute atomic E-state index is 0.00602. The normalized spacial score (nSPS) is 11.2. The fraction of sp³-hybridized carbons (Fsp3) is 0.250. The Morgan fingerprint density at radius 3 is 2.42 bits per heavy atom. The van der Waals surface area contributed by atoms with Crippen molar-refractivity contribution < 1.29 is 4.74 Å². The van der Waals surface area contributed by atoms with Gasteiger partial charge >= 0.3 is 0 Å². The van der Waals surface area contributed by atoms with Gasteiger partial charge in [-0.15, -0.1) is 0 Å². The maximum Gasteiger partial charge on any atom is 0.258 e. The van der Waals surface area contributed by atoms with Crippen LogP contribution in [0, 0.1) is 0 Å². The second kappa shape index (κ2) is 6.89. The standard InChI is InChI=1S/C20H22N2O2/c1-14(2)24-18-7-8-19-17(11-18)9-10-22(20(19)23)13-16-5-3-15(12-21)4-6-16/h3-11,14H,12-13,21H2,1-2H3. The van der Waals surface area contributed by atoms with Crippen molar-refractivity contribution in [3.8, 4) is 5.75 Å². The lowest BCUT2D eigenvalue weighted by molar-refractivity contribution is 0.243. The highest BCUT2D eigenvalue weighted by atomic mass is 16.5. The van der Waals surface area contributed by atoms with Gasteiger partial charge in [0.1, 0.15) is 5.75 Å². The SMILES string of the molecule is CC(C)Oc1ccc2c(=O)n(Cc3ccc(CN)cc3)ccc2c1. The summed E-state index contributed by atoms with van der Waals surface area (Å²) < 4.78 is 7.42. The molecule has 0 amide bonds. The zero-order valence-corrected chi connectivity index (χ0v) is 14.0. The lowest BCUT2D eigenvalue weighted by Crippen LogP contribution is -2.20. The molecule has 24 heavy (non-hydrogen) atoms. The molecular weight excluding hydrogens is 300 g/mol. The molecule has 2 N–H and O–H groups in total. The Labute approximate surface area is 141 Å². The number of pyridine rings is 1. The van der Waals surface area contributed by atoms with E-state index in [-0.39, 0.29) is 11.7 Å². The molecule has 0 bridgehead atoms. The van der Waals surface area contributed by atoms with Gasteiger partial charge in [0, 0.05) is 18.1 Å². The van der Waals surface area contributed by atoms with E-state index < -0.39 is 0 Å². The summed E-state index contributed by atoms with van der Waals surface area (Å²) in [6, 6.07) is 15.6. The summed E-state index contributed by atoms with van der Waals surface area (Å²) in [6.07, 6.45) is 1.94. The van der Waals surface area contributed by atoms with Crippen LogP contribution in [-0.2, 0) is 13.1 Å². The predicted octanol–water partition coefficient (Wildman–Crippen LogP) is 3.30. The van der Waals surface area contributed by atoms with E-state index in [0.717, 1.165) is 22.3 Å². The summed E-state index contributed by atoms with van der Waals surface area (Å²) >= 11 is 0. The molecule has 4 nitrogen and oxygen atoms in total. The van der Waals surface area contributed by atoms with Gasteiger partial charge in [-0.2, -0.15) is 0 Å². The third-order valence-corrected chi connectivity index (χ3v) is 3.93. The number of hydrogen-bond donors (Lipinski definition) is 1. The van der Waals surface area contributed by atoms with Gasteiger partial charge in [0.05, 0.1) is 12.6 Å². The maximum atomic E-state index is 12.7.